The third kappa shape index (κ3) is 1.93. The van der Waals surface area contributed by atoms with Crippen LogP contribution in [0.5, 0.6) is 0 Å². The minimum absolute atomic E-state index is 0.0123. The van der Waals surface area contributed by atoms with Gasteiger partial charge in [-0.15, -0.1) is 0 Å². The van der Waals surface area contributed by atoms with Gasteiger partial charge in [-0.05, 0) is 37.6 Å². The first-order valence-corrected chi connectivity index (χ1v) is 7.55. The van der Waals surface area contributed by atoms with Crippen LogP contribution in [0, 0.1) is 12.8 Å². The molecule has 1 aliphatic rings. The zero-order valence-corrected chi connectivity index (χ0v) is 12.5. The van der Waals surface area contributed by atoms with E-state index in [1.54, 1.807) is 6.20 Å². The Hall–Kier alpha value is -2.56. The number of hydrogen-bond acceptors (Lipinski definition) is 3. The first-order valence-electron chi connectivity index (χ1n) is 7.55. The number of imidazole rings is 1. The number of hydrogen-bond donors (Lipinski definition) is 1. The Morgan fingerprint density at radius 1 is 1.36 bits per heavy atom. The largest absolute Gasteiger partial charge is 0.399 e. The molecule has 0 radical (unpaired) electrons. The molecule has 3 heterocycles. The van der Waals surface area contributed by atoms with Crippen molar-refractivity contribution in [2.75, 3.05) is 5.73 Å². The Morgan fingerprint density at radius 3 is 3.09 bits per heavy atom. The summed E-state index contributed by atoms with van der Waals surface area (Å²) in [6.07, 6.45) is 5.35. The Bertz CT molecular complexity index is 874. The zero-order valence-electron chi connectivity index (χ0n) is 12.5. The van der Waals surface area contributed by atoms with Crippen LogP contribution in [0.2, 0.25) is 0 Å². The summed E-state index contributed by atoms with van der Waals surface area (Å²) in [6, 6.07) is 7.71. The van der Waals surface area contributed by atoms with E-state index in [1.807, 2.05) is 42.0 Å². The molecule has 0 saturated heterocycles. The van der Waals surface area contributed by atoms with Gasteiger partial charge in [0.05, 0.1) is 5.52 Å². The van der Waals surface area contributed by atoms with Gasteiger partial charge in [-0.2, -0.15) is 0 Å². The van der Waals surface area contributed by atoms with Crippen LogP contribution >= 0.6 is 0 Å². The lowest BCUT2D eigenvalue weighted by Gasteiger charge is -2.23. The third-order valence-electron chi connectivity index (χ3n) is 4.53. The molecule has 3 aromatic rings. The second-order valence-corrected chi connectivity index (χ2v) is 6.00. The Balaban J connectivity index is 1.73. The van der Waals surface area contributed by atoms with Crippen LogP contribution in [0.15, 0.2) is 36.7 Å². The molecule has 1 aromatic carbocycles. The molecule has 0 bridgehead atoms. The molecule has 1 unspecified atom stereocenters. The minimum atomic E-state index is -0.0123. The van der Waals surface area contributed by atoms with Gasteiger partial charge in [0, 0.05) is 48.0 Å². The molecule has 2 aromatic heterocycles. The van der Waals surface area contributed by atoms with E-state index >= 15 is 0 Å². The monoisotopic (exact) mass is 294 g/mol. The summed E-state index contributed by atoms with van der Waals surface area (Å²) < 4.78 is 3.96. The van der Waals surface area contributed by atoms with E-state index in [9.17, 15) is 4.79 Å². The summed E-state index contributed by atoms with van der Waals surface area (Å²) in [5.74, 6) is 1.15. The van der Waals surface area contributed by atoms with Crippen molar-refractivity contribution in [3.05, 3.63) is 48.2 Å². The highest BCUT2D eigenvalue weighted by molar-refractivity contribution is 5.96. The number of aromatic nitrogens is 3. The van der Waals surface area contributed by atoms with E-state index in [1.165, 1.54) is 0 Å². The Labute approximate surface area is 128 Å². The maximum atomic E-state index is 13.0. The molecule has 4 rings (SSSR count). The van der Waals surface area contributed by atoms with Crippen molar-refractivity contribution in [2.24, 2.45) is 5.92 Å². The Kier molecular flexibility index (Phi) is 2.82. The van der Waals surface area contributed by atoms with Crippen LogP contribution < -0.4 is 5.73 Å². The summed E-state index contributed by atoms with van der Waals surface area (Å²) in [5.41, 5.74) is 8.45. The lowest BCUT2D eigenvalue weighted by molar-refractivity contribution is 0.0814. The SMILES string of the molecule is Cc1cc2cc(N)ccc2n1C(=O)C1CCn2ccnc2C1. The van der Waals surface area contributed by atoms with E-state index in [0.29, 0.717) is 6.42 Å². The predicted molar refractivity (Wildman–Crippen MR) is 85.8 cm³/mol. The number of nitrogen functional groups attached to an aromatic ring is 1. The molecule has 1 atom stereocenters. The van der Waals surface area contributed by atoms with E-state index < -0.39 is 0 Å². The highest BCUT2D eigenvalue weighted by atomic mass is 16.2. The average Bonchev–Trinajstić information content (AvgIpc) is 3.08. The fraction of sp³-hybridized carbons (Fsp3) is 0.294. The molecule has 0 amide bonds. The number of aryl methyl sites for hydroxylation is 2. The zero-order chi connectivity index (χ0) is 15.3. The van der Waals surface area contributed by atoms with E-state index in [4.69, 9.17) is 5.73 Å². The molecule has 0 fully saturated rings. The van der Waals surface area contributed by atoms with Gasteiger partial charge >= 0.3 is 0 Å². The molecule has 1 aliphatic heterocycles. The van der Waals surface area contributed by atoms with Crippen LogP contribution in [-0.4, -0.2) is 20.0 Å². The summed E-state index contributed by atoms with van der Waals surface area (Å²) >= 11 is 0. The first-order chi connectivity index (χ1) is 10.6. The van der Waals surface area contributed by atoms with E-state index in [0.717, 1.165) is 41.1 Å². The minimum Gasteiger partial charge on any atom is -0.399 e. The number of anilines is 1. The highest BCUT2D eigenvalue weighted by Crippen LogP contribution is 2.26. The first kappa shape index (κ1) is 13.1. The number of carbonyl (C=O) groups is 1. The van der Waals surface area contributed by atoms with Gasteiger partial charge in [0.2, 0.25) is 5.91 Å². The maximum Gasteiger partial charge on any atom is 0.234 e. The van der Waals surface area contributed by atoms with Crippen molar-refractivity contribution in [2.45, 2.75) is 26.3 Å². The summed E-state index contributed by atoms with van der Waals surface area (Å²) in [4.78, 5) is 17.4. The highest BCUT2D eigenvalue weighted by Gasteiger charge is 2.27. The molecule has 112 valence electrons. The molecule has 2 N–H and O–H groups in total. The predicted octanol–water partition coefficient (Wildman–Crippen LogP) is 2.63. The van der Waals surface area contributed by atoms with Gasteiger partial charge < -0.3 is 10.3 Å². The number of fused-ring (bicyclic) bond motifs is 2. The van der Waals surface area contributed by atoms with Gasteiger partial charge in [-0.25, -0.2) is 4.98 Å². The smallest absolute Gasteiger partial charge is 0.234 e. The molecule has 5 nitrogen and oxygen atoms in total. The van der Waals surface area contributed by atoms with E-state index in [2.05, 4.69) is 9.55 Å². The molecule has 0 saturated carbocycles. The van der Waals surface area contributed by atoms with Crippen LogP contribution in [-0.2, 0) is 13.0 Å². The quantitative estimate of drug-likeness (QED) is 0.702. The molecular formula is C17H18N4O. The molecule has 0 aliphatic carbocycles. The molecule has 0 spiro atoms. The van der Waals surface area contributed by atoms with Crippen molar-refractivity contribution in [3.63, 3.8) is 0 Å². The summed E-state index contributed by atoms with van der Waals surface area (Å²) in [6.45, 7) is 2.83. The molecule has 5 heteroatoms. The van der Waals surface area contributed by atoms with Crippen molar-refractivity contribution in [1.82, 2.24) is 14.1 Å². The number of nitrogens with zero attached hydrogens (tertiary/aromatic N) is 3. The number of benzene rings is 1. The lowest BCUT2D eigenvalue weighted by atomic mass is 9.96. The topological polar surface area (TPSA) is 65.8 Å². The lowest BCUT2D eigenvalue weighted by Crippen LogP contribution is -2.30. The third-order valence-corrected chi connectivity index (χ3v) is 4.53. The van der Waals surface area contributed by atoms with Crippen molar-refractivity contribution in [1.29, 1.82) is 0 Å². The average molecular weight is 294 g/mol. The second-order valence-electron chi connectivity index (χ2n) is 6.00. The van der Waals surface area contributed by atoms with E-state index in [-0.39, 0.29) is 11.8 Å². The van der Waals surface area contributed by atoms with Crippen molar-refractivity contribution >= 4 is 22.5 Å². The van der Waals surface area contributed by atoms with Crippen LogP contribution in [0.25, 0.3) is 10.9 Å². The fourth-order valence-corrected chi connectivity index (χ4v) is 3.41. The van der Waals surface area contributed by atoms with Gasteiger partial charge in [-0.1, -0.05) is 0 Å². The number of rotatable bonds is 1. The maximum absolute atomic E-state index is 13.0. The van der Waals surface area contributed by atoms with Gasteiger partial charge in [-0.3, -0.25) is 9.36 Å². The molecular weight excluding hydrogens is 276 g/mol. The second kappa shape index (κ2) is 4.73. The summed E-state index contributed by atoms with van der Waals surface area (Å²) in [7, 11) is 0. The Morgan fingerprint density at radius 2 is 2.23 bits per heavy atom. The van der Waals surface area contributed by atoms with Crippen LogP contribution in [0.3, 0.4) is 0 Å². The van der Waals surface area contributed by atoms with Gasteiger partial charge in [0.15, 0.2) is 0 Å². The van der Waals surface area contributed by atoms with Crippen molar-refractivity contribution < 1.29 is 4.79 Å². The van der Waals surface area contributed by atoms with Gasteiger partial charge in [0.25, 0.3) is 0 Å². The van der Waals surface area contributed by atoms with Crippen LogP contribution in [0.4, 0.5) is 5.69 Å². The normalized spacial score (nSPS) is 17.6. The standard InChI is InChI=1S/C17H18N4O/c1-11-8-13-9-14(18)2-3-15(13)21(11)17(22)12-4-6-20-7-5-19-16(20)10-12/h2-3,5,7-9,12H,4,6,10,18H2,1H3. The van der Waals surface area contributed by atoms with Gasteiger partial charge in [0.1, 0.15) is 5.82 Å². The number of nitrogens with two attached hydrogens (primary N) is 1. The molecule has 22 heavy (non-hydrogen) atoms. The fourth-order valence-electron chi connectivity index (χ4n) is 3.41. The summed E-state index contributed by atoms with van der Waals surface area (Å²) in [5, 5.41) is 1.02. The number of carbonyl (C=O) groups excluding carboxylic acids is 1. The van der Waals surface area contributed by atoms with Crippen LogP contribution in [0.1, 0.15) is 22.7 Å². The van der Waals surface area contributed by atoms with Crippen molar-refractivity contribution in [3.8, 4) is 0 Å².